The van der Waals surface area contributed by atoms with E-state index in [2.05, 4.69) is 10.0 Å². The zero-order chi connectivity index (χ0) is 17.0. The average molecular weight is 330 g/mol. The van der Waals surface area contributed by atoms with Crippen molar-refractivity contribution in [3.8, 4) is 11.5 Å². The maximum absolute atomic E-state index is 12.3. The molecule has 0 aliphatic heterocycles. The summed E-state index contributed by atoms with van der Waals surface area (Å²) in [5.41, 5.74) is -0.430. The van der Waals surface area contributed by atoms with Gasteiger partial charge in [0.1, 0.15) is 16.4 Å². The average Bonchev–Trinajstić information content (AvgIpc) is 2.42. The quantitative estimate of drug-likeness (QED) is 0.808. The molecule has 0 fully saturated rings. The van der Waals surface area contributed by atoms with Gasteiger partial charge in [0.05, 0.1) is 20.8 Å². The largest absolute Gasteiger partial charge is 0.497 e. The van der Waals surface area contributed by atoms with Crippen LogP contribution in [0.4, 0.5) is 0 Å². The molecule has 0 heterocycles. The van der Waals surface area contributed by atoms with E-state index >= 15 is 0 Å². The van der Waals surface area contributed by atoms with Crippen molar-refractivity contribution in [2.24, 2.45) is 0 Å². The van der Waals surface area contributed by atoms with Crippen molar-refractivity contribution >= 4 is 15.9 Å². The van der Waals surface area contributed by atoms with Crippen LogP contribution >= 0.6 is 0 Å². The molecule has 0 atom stereocenters. The van der Waals surface area contributed by atoms with Crippen molar-refractivity contribution < 1.29 is 22.7 Å². The minimum atomic E-state index is -3.87. The van der Waals surface area contributed by atoms with Crippen LogP contribution in [0.3, 0.4) is 0 Å². The second kappa shape index (κ2) is 6.97. The zero-order valence-electron chi connectivity index (χ0n) is 13.4. The molecule has 0 spiro atoms. The normalized spacial score (nSPS) is 11.9. The first kappa shape index (κ1) is 18.2. The molecule has 0 bridgehead atoms. The first-order chi connectivity index (χ1) is 10.1. The molecule has 22 heavy (non-hydrogen) atoms. The molecule has 124 valence electrons. The second-order valence-electron chi connectivity index (χ2n) is 5.64. The summed E-state index contributed by atoms with van der Waals surface area (Å²) in [5, 5.41) is 2.67. The Labute approximate surface area is 131 Å². The first-order valence-electron chi connectivity index (χ1n) is 6.62. The number of methoxy groups -OCH3 is 2. The second-order valence-corrected chi connectivity index (χ2v) is 7.37. The smallest absolute Gasteiger partial charge is 0.244 e. The Morgan fingerprint density at radius 1 is 1.18 bits per heavy atom. The van der Waals surface area contributed by atoms with Gasteiger partial charge >= 0.3 is 0 Å². The van der Waals surface area contributed by atoms with Crippen molar-refractivity contribution in [3.05, 3.63) is 18.2 Å². The lowest BCUT2D eigenvalue weighted by atomic mass is 10.1. The van der Waals surface area contributed by atoms with Gasteiger partial charge in [-0.25, -0.2) is 13.1 Å². The van der Waals surface area contributed by atoms with Gasteiger partial charge in [0.2, 0.25) is 15.9 Å². The minimum Gasteiger partial charge on any atom is -0.497 e. The van der Waals surface area contributed by atoms with Crippen LogP contribution in [-0.4, -0.2) is 40.6 Å². The minimum absolute atomic E-state index is 0.0561. The summed E-state index contributed by atoms with van der Waals surface area (Å²) in [6, 6.07) is 4.33. The van der Waals surface area contributed by atoms with Crippen molar-refractivity contribution in [2.75, 3.05) is 20.8 Å². The lowest BCUT2D eigenvalue weighted by molar-refractivity contribution is -0.121. The highest BCUT2D eigenvalue weighted by molar-refractivity contribution is 7.89. The molecule has 0 unspecified atom stereocenters. The highest BCUT2D eigenvalue weighted by Gasteiger charge is 2.22. The predicted molar refractivity (Wildman–Crippen MR) is 82.6 cm³/mol. The van der Waals surface area contributed by atoms with Crippen LogP contribution < -0.4 is 19.5 Å². The summed E-state index contributed by atoms with van der Waals surface area (Å²) >= 11 is 0. The maximum atomic E-state index is 12.3. The van der Waals surface area contributed by atoms with Gasteiger partial charge in [0.25, 0.3) is 0 Å². The Balaban J connectivity index is 2.89. The third-order valence-corrected chi connectivity index (χ3v) is 4.04. The Morgan fingerprint density at radius 2 is 1.82 bits per heavy atom. The molecule has 0 aliphatic carbocycles. The van der Waals surface area contributed by atoms with E-state index in [9.17, 15) is 13.2 Å². The molecule has 0 saturated carbocycles. The van der Waals surface area contributed by atoms with E-state index in [4.69, 9.17) is 9.47 Å². The van der Waals surface area contributed by atoms with E-state index in [-0.39, 0.29) is 17.2 Å². The highest BCUT2D eigenvalue weighted by atomic mass is 32.2. The number of nitrogens with one attached hydrogen (secondary N) is 2. The van der Waals surface area contributed by atoms with Crippen molar-refractivity contribution in [2.45, 2.75) is 31.2 Å². The Kier molecular flexibility index (Phi) is 5.78. The molecular weight excluding hydrogens is 308 g/mol. The van der Waals surface area contributed by atoms with Crippen molar-refractivity contribution in [1.29, 1.82) is 0 Å². The summed E-state index contributed by atoms with van der Waals surface area (Å²) in [6.07, 6.45) is 0. The third-order valence-electron chi connectivity index (χ3n) is 2.60. The summed E-state index contributed by atoms with van der Waals surface area (Å²) in [5.74, 6) is 0.202. The molecule has 2 N–H and O–H groups in total. The fourth-order valence-corrected chi connectivity index (χ4v) is 2.83. The lowest BCUT2D eigenvalue weighted by Gasteiger charge is -2.20. The van der Waals surface area contributed by atoms with Gasteiger partial charge in [-0.3, -0.25) is 4.79 Å². The molecule has 8 heteroatoms. The van der Waals surface area contributed by atoms with Crippen LogP contribution in [0.25, 0.3) is 0 Å². The van der Waals surface area contributed by atoms with Crippen LogP contribution in [0.5, 0.6) is 11.5 Å². The molecule has 0 radical (unpaired) electrons. The summed E-state index contributed by atoms with van der Waals surface area (Å²) in [6.45, 7) is 5.08. The summed E-state index contributed by atoms with van der Waals surface area (Å²) < 4.78 is 36.9. The fraction of sp³-hybridized carbons (Fsp3) is 0.500. The van der Waals surface area contributed by atoms with Crippen LogP contribution in [0.2, 0.25) is 0 Å². The number of amides is 1. The van der Waals surface area contributed by atoms with E-state index in [1.54, 1.807) is 0 Å². The number of hydrogen-bond acceptors (Lipinski definition) is 5. The summed E-state index contributed by atoms with van der Waals surface area (Å²) in [4.78, 5) is 11.6. The molecule has 1 aromatic carbocycles. The Bertz CT molecular complexity index is 635. The SMILES string of the molecule is COc1ccc(S(=O)(=O)NCC(=O)NC(C)(C)C)c(OC)c1. The monoisotopic (exact) mass is 330 g/mol. The van der Waals surface area contributed by atoms with Gasteiger partial charge in [0.15, 0.2) is 0 Å². The topological polar surface area (TPSA) is 93.7 Å². The van der Waals surface area contributed by atoms with Gasteiger partial charge in [-0.05, 0) is 32.9 Å². The van der Waals surface area contributed by atoms with E-state index < -0.39 is 21.5 Å². The number of rotatable bonds is 6. The number of carbonyl (C=O) groups excluding carboxylic acids is 1. The van der Waals surface area contributed by atoms with Gasteiger partial charge in [-0.1, -0.05) is 0 Å². The predicted octanol–water partition coefficient (Wildman–Crippen LogP) is 0.897. The summed E-state index contributed by atoms with van der Waals surface area (Å²) in [7, 11) is -1.04. The van der Waals surface area contributed by atoms with E-state index in [1.807, 2.05) is 20.8 Å². The molecule has 1 aromatic rings. The number of ether oxygens (including phenoxy) is 2. The third kappa shape index (κ3) is 5.19. The van der Waals surface area contributed by atoms with Gasteiger partial charge in [0, 0.05) is 11.6 Å². The van der Waals surface area contributed by atoms with E-state index in [0.29, 0.717) is 5.75 Å². The van der Waals surface area contributed by atoms with Crippen molar-refractivity contribution in [1.82, 2.24) is 10.0 Å². The van der Waals surface area contributed by atoms with Gasteiger partial charge in [-0.2, -0.15) is 0 Å². The zero-order valence-corrected chi connectivity index (χ0v) is 14.2. The van der Waals surface area contributed by atoms with Crippen LogP contribution in [0, 0.1) is 0 Å². The highest BCUT2D eigenvalue weighted by Crippen LogP contribution is 2.28. The Hall–Kier alpha value is -1.80. The Morgan fingerprint density at radius 3 is 2.32 bits per heavy atom. The van der Waals surface area contributed by atoms with E-state index in [0.717, 1.165) is 0 Å². The van der Waals surface area contributed by atoms with E-state index in [1.165, 1.54) is 32.4 Å². The van der Waals surface area contributed by atoms with Crippen LogP contribution in [0.15, 0.2) is 23.1 Å². The molecule has 0 aliphatic rings. The molecule has 7 nitrogen and oxygen atoms in total. The number of carbonyl (C=O) groups is 1. The lowest BCUT2D eigenvalue weighted by Crippen LogP contribution is -2.45. The maximum Gasteiger partial charge on any atom is 0.244 e. The molecule has 1 amide bonds. The first-order valence-corrected chi connectivity index (χ1v) is 8.10. The molecule has 1 rings (SSSR count). The van der Waals surface area contributed by atoms with Crippen LogP contribution in [0.1, 0.15) is 20.8 Å². The number of sulfonamides is 1. The van der Waals surface area contributed by atoms with Gasteiger partial charge < -0.3 is 14.8 Å². The molecule has 0 aromatic heterocycles. The molecule has 0 saturated heterocycles. The number of benzene rings is 1. The number of hydrogen-bond donors (Lipinski definition) is 2. The van der Waals surface area contributed by atoms with Gasteiger partial charge in [-0.15, -0.1) is 0 Å². The van der Waals surface area contributed by atoms with Crippen molar-refractivity contribution in [3.63, 3.8) is 0 Å². The standard InChI is InChI=1S/C14H22N2O5S/c1-14(2,3)16-13(17)9-15-22(18,19)12-7-6-10(20-4)8-11(12)21-5/h6-8,15H,9H2,1-5H3,(H,16,17). The molecular formula is C14H22N2O5S. The fourth-order valence-electron chi connectivity index (χ4n) is 1.70. The van der Waals surface area contributed by atoms with Crippen LogP contribution in [-0.2, 0) is 14.8 Å².